The molecule has 0 aliphatic heterocycles. The van der Waals surface area contributed by atoms with Crippen LogP contribution in [-0.2, 0) is 4.79 Å². The Morgan fingerprint density at radius 1 is 1.20 bits per heavy atom. The normalized spacial score (nSPS) is 11.9. The maximum Gasteiger partial charge on any atom is 0.230 e. The summed E-state index contributed by atoms with van der Waals surface area (Å²) < 4.78 is 1.70. The first-order valence-corrected chi connectivity index (χ1v) is 9.05. The molecule has 0 saturated carbocycles. The highest BCUT2D eigenvalue weighted by Crippen LogP contribution is 2.22. The van der Waals surface area contributed by atoms with E-state index in [1.54, 1.807) is 22.8 Å². The molecule has 1 unspecified atom stereocenters. The molecule has 25 heavy (non-hydrogen) atoms. The molecule has 5 nitrogen and oxygen atoms in total. The average molecular weight is 352 g/mol. The van der Waals surface area contributed by atoms with Crippen molar-refractivity contribution in [3.63, 3.8) is 0 Å². The van der Waals surface area contributed by atoms with Gasteiger partial charge in [-0.2, -0.15) is 5.10 Å². The number of carbonyl (C=O) groups excluding carboxylic acids is 1. The zero-order chi connectivity index (χ0) is 17.6. The lowest BCUT2D eigenvalue weighted by molar-refractivity contribution is -0.119. The van der Waals surface area contributed by atoms with Crippen LogP contribution in [0.25, 0.3) is 5.69 Å². The van der Waals surface area contributed by atoms with Gasteiger partial charge in [-0.1, -0.05) is 30.3 Å². The average Bonchev–Trinajstić information content (AvgIpc) is 3.16. The second kappa shape index (κ2) is 7.98. The Labute approximate surface area is 151 Å². The molecule has 1 N–H and O–H groups in total. The zero-order valence-electron chi connectivity index (χ0n) is 14.2. The number of aromatic nitrogens is 3. The van der Waals surface area contributed by atoms with Gasteiger partial charge in [0, 0.05) is 4.90 Å². The number of nitrogens with zero attached hydrogens (tertiary/aromatic N) is 3. The molecular formula is C19H20N4OS. The zero-order valence-corrected chi connectivity index (χ0v) is 15.0. The molecule has 3 rings (SSSR count). The Kier molecular flexibility index (Phi) is 5.50. The molecule has 0 fully saturated rings. The third-order valence-corrected chi connectivity index (χ3v) is 5.08. The molecule has 0 bridgehead atoms. The highest BCUT2D eigenvalue weighted by molar-refractivity contribution is 8.00. The molecule has 3 aromatic rings. The summed E-state index contributed by atoms with van der Waals surface area (Å²) >= 11 is 1.56. The van der Waals surface area contributed by atoms with Gasteiger partial charge in [0.1, 0.15) is 12.7 Å². The van der Waals surface area contributed by atoms with Gasteiger partial charge in [-0.3, -0.25) is 4.79 Å². The minimum absolute atomic E-state index is 0.0288. The van der Waals surface area contributed by atoms with Crippen molar-refractivity contribution in [2.45, 2.75) is 24.8 Å². The second-order valence-corrected chi connectivity index (χ2v) is 6.79. The van der Waals surface area contributed by atoms with Crippen molar-refractivity contribution >= 4 is 17.7 Å². The SMILES string of the molecule is Cc1ccccc1SCC(=O)NC(C)c1ccc(-n2cncn2)cc1. The van der Waals surface area contributed by atoms with Crippen molar-refractivity contribution in [2.24, 2.45) is 0 Å². The third-order valence-electron chi connectivity index (χ3n) is 3.91. The lowest BCUT2D eigenvalue weighted by Gasteiger charge is -2.15. The van der Waals surface area contributed by atoms with Gasteiger partial charge in [-0.25, -0.2) is 9.67 Å². The molecule has 128 valence electrons. The van der Waals surface area contributed by atoms with E-state index >= 15 is 0 Å². The molecular weight excluding hydrogens is 332 g/mol. The molecule has 2 aromatic carbocycles. The molecule has 1 aromatic heterocycles. The summed E-state index contributed by atoms with van der Waals surface area (Å²) in [6, 6.07) is 16.0. The summed E-state index contributed by atoms with van der Waals surface area (Å²) in [6.45, 7) is 4.04. The maximum absolute atomic E-state index is 12.2. The van der Waals surface area contributed by atoms with E-state index in [4.69, 9.17) is 0 Å². The van der Waals surface area contributed by atoms with Gasteiger partial charge < -0.3 is 5.32 Å². The molecule has 0 radical (unpaired) electrons. The van der Waals surface area contributed by atoms with Crippen LogP contribution in [0.3, 0.4) is 0 Å². The molecule has 0 aliphatic rings. The molecule has 6 heteroatoms. The number of amides is 1. The molecule has 1 amide bonds. The van der Waals surface area contributed by atoms with Gasteiger partial charge in [0.25, 0.3) is 0 Å². The fourth-order valence-electron chi connectivity index (χ4n) is 2.49. The second-order valence-electron chi connectivity index (χ2n) is 5.77. The van der Waals surface area contributed by atoms with Crippen molar-refractivity contribution in [2.75, 3.05) is 5.75 Å². The first kappa shape index (κ1) is 17.2. The van der Waals surface area contributed by atoms with Crippen LogP contribution in [0.1, 0.15) is 24.1 Å². The number of carbonyl (C=O) groups is 1. The van der Waals surface area contributed by atoms with Gasteiger partial charge in [0.2, 0.25) is 5.91 Å². The van der Waals surface area contributed by atoms with Gasteiger partial charge in [0.15, 0.2) is 0 Å². The Balaban J connectivity index is 1.55. The smallest absolute Gasteiger partial charge is 0.230 e. The van der Waals surface area contributed by atoms with Gasteiger partial charge in [-0.05, 0) is 43.2 Å². The number of benzene rings is 2. The highest BCUT2D eigenvalue weighted by Gasteiger charge is 2.11. The first-order valence-electron chi connectivity index (χ1n) is 8.06. The predicted octanol–water partition coefficient (Wildman–Crippen LogP) is 3.55. The van der Waals surface area contributed by atoms with E-state index in [0.29, 0.717) is 5.75 Å². The number of thioether (sulfide) groups is 1. The quantitative estimate of drug-likeness (QED) is 0.689. The summed E-state index contributed by atoms with van der Waals surface area (Å²) in [5.74, 6) is 0.438. The third kappa shape index (κ3) is 4.48. The van der Waals surface area contributed by atoms with Crippen LogP contribution in [-0.4, -0.2) is 26.4 Å². The predicted molar refractivity (Wildman–Crippen MR) is 99.8 cm³/mol. The van der Waals surface area contributed by atoms with Gasteiger partial charge in [0.05, 0.1) is 17.5 Å². The highest BCUT2D eigenvalue weighted by atomic mass is 32.2. The molecule has 1 heterocycles. The van der Waals surface area contributed by atoms with E-state index in [2.05, 4.69) is 28.4 Å². The molecule has 0 aliphatic carbocycles. The summed E-state index contributed by atoms with van der Waals surface area (Å²) in [5.41, 5.74) is 3.19. The lowest BCUT2D eigenvalue weighted by Crippen LogP contribution is -2.28. The van der Waals surface area contributed by atoms with Crippen molar-refractivity contribution in [3.05, 3.63) is 72.3 Å². The fourth-order valence-corrected chi connectivity index (χ4v) is 3.33. The Hall–Kier alpha value is -2.60. The minimum atomic E-state index is -0.0465. The van der Waals surface area contributed by atoms with Gasteiger partial charge >= 0.3 is 0 Å². The van der Waals surface area contributed by atoms with E-state index in [0.717, 1.165) is 16.1 Å². The van der Waals surface area contributed by atoms with Crippen LogP contribution in [0.4, 0.5) is 0 Å². The van der Waals surface area contributed by atoms with Crippen LogP contribution in [0.15, 0.2) is 66.1 Å². The number of rotatable bonds is 6. The summed E-state index contributed by atoms with van der Waals surface area (Å²) in [7, 11) is 0. The molecule has 1 atom stereocenters. The van der Waals surface area contributed by atoms with Crippen LogP contribution >= 0.6 is 11.8 Å². The van der Waals surface area contributed by atoms with E-state index < -0.39 is 0 Å². The Morgan fingerprint density at radius 3 is 2.64 bits per heavy atom. The number of aryl methyl sites for hydroxylation is 1. The molecule has 0 saturated heterocycles. The van der Waals surface area contributed by atoms with E-state index in [1.165, 1.54) is 11.9 Å². The van der Waals surface area contributed by atoms with Crippen LogP contribution < -0.4 is 5.32 Å². The van der Waals surface area contributed by atoms with Crippen molar-refractivity contribution in [3.8, 4) is 5.69 Å². The van der Waals surface area contributed by atoms with Crippen molar-refractivity contribution < 1.29 is 4.79 Å². The molecule has 0 spiro atoms. The number of hydrogen-bond acceptors (Lipinski definition) is 4. The number of nitrogens with one attached hydrogen (secondary N) is 1. The summed E-state index contributed by atoms with van der Waals surface area (Å²) in [4.78, 5) is 17.3. The standard InChI is InChI=1S/C19H20N4OS/c1-14-5-3-4-6-18(14)25-11-19(24)22-15(2)16-7-9-17(10-8-16)23-13-20-12-21-23/h3-10,12-13,15H,11H2,1-2H3,(H,22,24). The van der Waals surface area contributed by atoms with Gasteiger partial charge in [-0.15, -0.1) is 11.8 Å². The lowest BCUT2D eigenvalue weighted by atomic mass is 10.1. The van der Waals surface area contributed by atoms with E-state index in [-0.39, 0.29) is 11.9 Å². The van der Waals surface area contributed by atoms with Crippen LogP contribution in [0, 0.1) is 6.92 Å². The van der Waals surface area contributed by atoms with E-state index in [1.807, 2.05) is 49.4 Å². The fraction of sp³-hybridized carbons (Fsp3) is 0.211. The monoisotopic (exact) mass is 352 g/mol. The largest absolute Gasteiger partial charge is 0.349 e. The number of hydrogen-bond donors (Lipinski definition) is 1. The van der Waals surface area contributed by atoms with Crippen molar-refractivity contribution in [1.29, 1.82) is 0 Å². The Morgan fingerprint density at radius 2 is 1.96 bits per heavy atom. The van der Waals surface area contributed by atoms with Crippen LogP contribution in [0.5, 0.6) is 0 Å². The Bertz CT molecular complexity index is 831. The maximum atomic E-state index is 12.2. The summed E-state index contributed by atoms with van der Waals surface area (Å²) in [6.07, 6.45) is 3.16. The summed E-state index contributed by atoms with van der Waals surface area (Å²) in [5, 5.41) is 7.15. The van der Waals surface area contributed by atoms with E-state index in [9.17, 15) is 4.79 Å². The topological polar surface area (TPSA) is 59.8 Å². The first-order chi connectivity index (χ1) is 12.1. The van der Waals surface area contributed by atoms with Crippen molar-refractivity contribution in [1.82, 2.24) is 20.1 Å². The minimum Gasteiger partial charge on any atom is -0.349 e. The van der Waals surface area contributed by atoms with Crippen LogP contribution in [0.2, 0.25) is 0 Å².